The van der Waals surface area contributed by atoms with Crippen LogP contribution in [-0.2, 0) is 24.8 Å². The maximum Gasteiger partial charge on any atom is 0.223 e. The van der Waals surface area contributed by atoms with Crippen molar-refractivity contribution < 1.29 is 9.18 Å². The molecule has 0 saturated carbocycles. The van der Waals surface area contributed by atoms with Gasteiger partial charge in [0, 0.05) is 49.0 Å². The van der Waals surface area contributed by atoms with E-state index in [1.807, 2.05) is 19.2 Å². The first-order valence-electron chi connectivity index (χ1n) is 7.51. The Kier molecular flexibility index (Phi) is 4.14. The lowest BCUT2D eigenvalue weighted by Crippen LogP contribution is -2.26. The number of H-pyrrole nitrogens is 1. The van der Waals surface area contributed by atoms with E-state index in [4.69, 9.17) is 0 Å². The summed E-state index contributed by atoms with van der Waals surface area (Å²) in [5, 5.41) is 4.91. The highest BCUT2D eigenvalue weighted by molar-refractivity contribution is 5.81. The second-order valence-corrected chi connectivity index (χ2v) is 5.72. The molecule has 2 heterocycles. The molecular formula is C17H19FN4O. The molecule has 6 heteroatoms. The van der Waals surface area contributed by atoms with E-state index in [9.17, 15) is 9.18 Å². The predicted octanol–water partition coefficient (Wildman–Crippen LogP) is 2.63. The Hall–Kier alpha value is -2.63. The molecular weight excluding hydrogens is 295 g/mol. The van der Waals surface area contributed by atoms with Gasteiger partial charge in [-0.2, -0.15) is 5.10 Å². The number of aromatic nitrogens is 3. The van der Waals surface area contributed by atoms with Gasteiger partial charge >= 0.3 is 0 Å². The van der Waals surface area contributed by atoms with Crippen molar-refractivity contribution in [3.05, 3.63) is 53.7 Å². The zero-order valence-electron chi connectivity index (χ0n) is 13.2. The van der Waals surface area contributed by atoms with Gasteiger partial charge in [-0.15, -0.1) is 0 Å². The minimum absolute atomic E-state index is 0.0658. The summed E-state index contributed by atoms with van der Waals surface area (Å²) in [4.78, 5) is 17.1. The minimum Gasteiger partial charge on any atom is -0.357 e. The lowest BCUT2D eigenvalue weighted by Gasteiger charge is -2.16. The molecule has 0 unspecified atom stereocenters. The fourth-order valence-corrected chi connectivity index (χ4v) is 2.66. The van der Waals surface area contributed by atoms with E-state index in [1.54, 1.807) is 28.9 Å². The number of nitrogens with one attached hydrogen (secondary N) is 1. The summed E-state index contributed by atoms with van der Waals surface area (Å²) in [6.07, 6.45) is 2.83. The van der Waals surface area contributed by atoms with Gasteiger partial charge < -0.3 is 9.88 Å². The number of nitrogens with zero attached hydrogens (tertiary/aromatic N) is 3. The van der Waals surface area contributed by atoms with Crippen LogP contribution in [0.4, 0.5) is 4.39 Å². The first kappa shape index (κ1) is 15.3. The molecule has 0 aliphatic heterocycles. The normalized spacial score (nSPS) is 11.1. The summed E-state index contributed by atoms with van der Waals surface area (Å²) in [5.74, 6) is -0.195. The number of hydrogen-bond donors (Lipinski definition) is 1. The molecule has 0 aliphatic carbocycles. The molecule has 0 radical (unpaired) electrons. The second kappa shape index (κ2) is 6.24. The van der Waals surface area contributed by atoms with Gasteiger partial charge in [-0.05, 0) is 36.8 Å². The van der Waals surface area contributed by atoms with Gasteiger partial charge in [-0.3, -0.25) is 9.48 Å². The van der Waals surface area contributed by atoms with Crippen LogP contribution in [0.15, 0.2) is 36.5 Å². The molecule has 5 nitrogen and oxygen atoms in total. The molecule has 0 spiro atoms. The van der Waals surface area contributed by atoms with Crippen LogP contribution < -0.4 is 0 Å². The molecule has 0 aliphatic rings. The monoisotopic (exact) mass is 314 g/mol. The number of carbonyl (C=O) groups is 1. The van der Waals surface area contributed by atoms with Crippen molar-refractivity contribution in [1.82, 2.24) is 19.7 Å². The van der Waals surface area contributed by atoms with Crippen molar-refractivity contribution in [3.63, 3.8) is 0 Å². The third kappa shape index (κ3) is 3.41. The van der Waals surface area contributed by atoms with Crippen LogP contribution in [0.5, 0.6) is 0 Å². The van der Waals surface area contributed by atoms with E-state index < -0.39 is 0 Å². The van der Waals surface area contributed by atoms with Crippen LogP contribution in [0.3, 0.4) is 0 Å². The summed E-state index contributed by atoms with van der Waals surface area (Å²) in [5.41, 5.74) is 2.80. The Bertz CT molecular complexity index is 836. The molecule has 0 fully saturated rings. The number of fused-ring (bicyclic) bond motifs is 1. The summed E-state index contributed by atoms with van der Waals surface area (Å²) >= 11 is 0. The predicted molar refractivity (Wildman–Crippen MR) is 86.3 cm³/mol. The average molecular weight is 314 g/mol. The van der Waals surface area contributed by atoms with Crippen LogP contribution in [0.1, 0.15) is 17.8 Å². The van der Waals surface area contributed by atoms with Gasteiger partial charge in [0.1, 0.15) is 5.82 Å². The Morgan fingerprint density at radius 3 is 2.91 bits per heavy atom. The fraction of sp³-hybridized carbons (Fsp3) is 0.294. The SMILES string of the molecule is CN(Cc1cc2cc(F)ccc2[nH]1)C(=O)CCc1ccnn1C. The van der Waals surface area contributed by atoms with Gasteiger partial charge in [0.05, 0.1) is 6.54 Å². The standard InChI is InChI=1S/C17H19FN4O/c1-21(17(23)6-4-15-7-8-19-22(15)2)11-14-10-12-9-13(18)3-5-16(12)20-14/h3,5,7-10,20H,4,6,11H2,1-2H3. The third-order valence-corrected chi connectivity index (χ3v) is 3.99. The summed E-state index contributed by atoms with van der Waals surface area (Å²) in [6.45, 7) is 0.473. The zero-order chi connectivity index (χ0) is 16.4. The number of rotatable bonds is 5. The summed E-state index contributed by atoms with van der Waals surface area (Å²) in [6, 6.07) is 8.41. The molecule has 1 amide bonds. The number of amides is 1. The van der Waals surface area contributed by atoms with Crippen molar-refractivity contribution in [2.45, 2.75) is 19.4 Å². The Morgan fingerprint density at radius 1 is 1.35 bits per heavy atom. The largest absolute Gasteiger partial charge is 0.357 e. The fourth-order valence-electron chi connectivity index (χ4n) is 2.66. The van der Waals surface area contributed by atoms with Crippen molar-refractivity contribution in [2.24, 2.45) is 7.05 Å². The highest BCUT2D eigenvalue weighted by atomic mass is 19.1. The van der Waals surface area contributed by atoms with Crippen molar-refractivity contribution >= 4 is 16.8 Å². The van der Waals surface area contributed by atoms with Crippen molar-refractivity contribution in [3.8, 4) is 0 Å². The van der Waals surface area contributed by atoms with Crippen LogP contribution in [0.2, 0.25) is 0 Å². The number of halogens is 1. The molecule has 2 aromatic heterocycles. The van der Waals surface area contributed by atoms with Crippen LogP contribution >= 0.6 is 0 Å². The van der Waals surface area contributed by atoms with E-state index in [-0.39, 0.29) is 11.7 Å². The van der Waals surface area contributed by atoms with Crippen LogP contribution in [0.25, 0.3) is 10.9 Å². The lowest BCUT2D eigenvalue weighted by atomic mass is 10.2. The molecule has 23 heavy (non-hydrogen) atoms. The molecule has 0 saturated heterocycles. The Morgan fingerprint density at radius 2 is 2.17 bits per heavy atom. The molecule has 3 aromatic rings. The minimum atomic E-state index is -0.261. The highest BCUT2D eigenvalue weighted by Gasteiger charge is 2.12. The maximum absolute atomic E-state index is 13.2. The van der Waals surface area contributed by atoms with E-state index in [1.165, 1.54) is 12.1 Å². The Labute approximate surface area is 133 Å². The second-order valence-electron chi connectivity index (χ2n) is 5.72. The van der Waals surface area contributed by atoms with Gasteiger partial charge in [-0.25, -0.2) is 4.39 Å². The topological polar surface area (TPSA) is 53.9 Å². The number of carbonyl (C=O) groups excluding carboxylic acids is 1. The zero-order valence-corrected chi connectivity index (χ0v) is 13.2. The first-order valence-corrected chi connectivity index (χ1v) is 7.51. The van der Waals surface area contributed by atoms with Crippen molar-refractivity contribution in [2.75, 3.05) is 7.05 Å². The van der Waals surface area contributed by atoms with E-state index in [0.29, 0.717) is 19.4 Å². The maximum atomic E-state index is 13.2. The molecule has 3 rings (SSSR count). The van der Waals surface area contributed by atoms with Gasteiger partial charge in [0.15, 0.2) is 0 Å². The molecule has 120 valence electrons. The van der Waals surface area contributed by atoms with Gasteiger partial charge in [0.25, 0.3) is 0 Å². The lowest BCUT2D eigenvalue weighted by molar-refractivity contribution is -0.130. The summed E-state index contributed by atoms with van der Waals surface area (Å²) < 4.78 is 15.0. The molecule has 1 N–H and O–H groups in total. The van der Waals surface area contributed by atoms with Crippen LogP contribution in [-0.4, -0.2) is 32.6 Å². The van der Waals surface area contributed by atoms with Gasteiger partial charge in [0.2, 0.25) is 5.91 Å². The number of benzene rings is 1. The van der Waals surface area contributed by atoms with E-state index >= 15 is 0 Å². The van der Waals surface area contributed by atoms with E-state index in [0.717, 1.165) is 22.3 Å². The number of aryl methyl sites for hydroxylation is 2. The molecule has 1 aromatic carbocycles. The summed E-state index contributed by atoms with van der Waals surface area (Å²) in [7, 11) is 3.64. The van der Waals surface area contributed by atoms with Crippen molar-refractivity contribution in [1.29, 1.82) is 0 Å². The average Bonchev–Trinajstić information content (AvgIpc) is 3.09. The highest BCUT2D eigenvalue weighted by Crippen LogP contribution is 2.17. The molecule has 0 bridgehead atoms. The smallest absolute Gasteiger partial charge is 0.223 e. The quantitative estimate of drug-likeness (QED) is 0.787. The Balaban J connectivity index is 1.61. The first-order chi connectivity index (χ1) is 11.0. The van der Waals surface area contributed by atoms with Gasteiger partial charge in [-0.1, -0.05) is 0 Å². The van der Waals surface area contributed by atoms with Crippen LogP contribution in [0, 0.1) is 5.82 Å². The third-order valence-electron chi connectivity index (χ3n) is 3.99. The molecule has 0 atom stereocenters. The number of hydrogen-bond acceptors (Lipinski definition) is 2. The number of aromatic amines is 1. The van der Waals surface area contributed by atoms with E-state index in [2.05, 4.69) is 10.1 Å².